The van der Waals surface area contributed by atoms with Gasteiger partial charge in [0.2, 0.25) is 0 Å². The van der Waals surface area contributed by atoms with Crippen LogP contribution >= 0.6 is 0 Å². The fourth-order valence-corrected chi connectivity index (χ4v) is 4.30. The highest BCUT2D eigenvalue weighted by atomic mass is 19.1. The molecule has 0 bridgehead atoms. The Kier molecular flexibility index (Phi) is 6.15. The lowest BCUT2D eigenvalue weighted by Gasteiger charge is -2.33. The highest BCUT2D eigenvalue weighted by molar-refractivity contribution is 6.01. The minimum Gasteiger partial charge on any atom is -0.379 e. The number of halogens is 1. The Morgan fingerprint density at radius 3 is 2.77 bits per heavy atom. The van der Waals surface area contributed by atoms with Gasteiger partial charge in [-0.3, -0.25) is 14.6 Å². The van der Waals surface area contributed by atoms with Gasteiger partial charge in [0, 0.05) is 32.7 Å². The van der Waals surface area contributed by atoms with E-state index in [0.717, 1.165) is 39.3 Å². The molecule has 0 saturated carbocycles. The van der Waals surface area contributed by atoms with E-state index >= 15 is 0 Å². The standard InChI is InChI=1S/C22H27FN4O3/c1-2-7-27-18-15-26(9-4-8-25-10-12-30-13-11-25)21(28)19(18)20(24-22(27)29)16-5-3-6-17(23)14-16/h2-3,5-6,14,20H,1,4,7-13,15H2,(H,24,29). The quantitative estimate of drug-likeness (QED) is 0.693. The van der Waals surface area contributed by atoms with E-state index in [9.17, 15) is 14.0 Å². The van der Waals surface area contributed by atoms with Gasteiger partial charge in [-0.2, -0.15) is 0 Å². The molecule has 1 fully saturated rings. The summed E-state index contributed by atoms with van der Waals surface area (Å²) in [6.45, 7) is 9.25. The molecule has 3 aliphatic rings. The van der Waals surface area contributed by atoms with Gasteiger partial charge >= 0.3 is 6.03 Å². The molecule has 1 aromatic rings. The van der Waals surface area contributed by atoms with Crippen LogP contribution in [0, 0.1) is 5.82 Å². The summed E-state index contributed by atoms with van der Waals surface area (Å²) in [6.07, 6.45) is 2.48. The lowest BCUT2D eigenvalue weighted by Crippen LogP contribution is -2.47. The number of carbonyl (C=O) groups excluding carboxylic acids is 2. The second-order valence-electron chi connectivity index (χ2n) is 7.73. The van der Waals surface area contributed by atoms with Crippen LogP contribution in [0.5, 0.6) is 0 Å². The van der Waals surface area contributed by atoms with Crippen molar-refractivity contribution < 1.29 is 18.7 Å². The van der Waals surface area contributed by atoms with Gasteiger partial charge in [-0.05, 0) is 24.1 Å². The van der Waals surface area contributed by atoms with Crippen LogP contribution in [0.3, 0.4) is 0 Å². The topological polar surface area (TPSA) is 65.1 Å². The minimum absolute atomic E-state index is 0.102. The molecule has 3 amide bonds. The van der Waals surface area contributed by atoms with Crippen molar-refractivity contribution in [2.24, 2.45) is 0 Å². The number of urea groups is 1. The van der Waals surface area contributed by atoms with Crippen LogP contribution in [0.4, 0.5) is 9.18 Å². The Morgan fingerprint density at radius 2 is 2.03 bits per heavy atom. The third-order valence-corrected chi connectivity index (χ3v) is 5.80. The first-order valence-electron chi connectivity index (χ1n) is 10.4. The van der Waals surface area contributed by atoms with Crippen LogP contribution in [0.1, 0.15) is 18.0 Å². The number of amides is 3. The van der Waals surface area contributed by atoms with E-state index in [1.165, 1.54) is 12.1 Å². The van der Waals surface area contributed by atoms with Crippen molar-refractivity contribution in [3.05, 3.63) is 59.6 Å². The fraction of sp³-hybridized carbons (Fsp3) is 0.455. The summed E-state index contributed by atoms with van der Waals surface area (Å²) in [4.78, 5) is 31.7. The number of nitrogens with one attached hydrogen (secondary N) is 1. The normalized spacial score (nSPS) is 22.4. The van der Waals surface area contributed by atoms with E-state index in [1.807, 2.05) is 0 Å². The Bertz CT molecular complexity index is 866. The number of hydrogen-bond acceptors (Lipinski definition) is 4. The number of ether oxygens (including phenoxy) is 1. The van der Waals surface area contributed by atoms with E-state index in [0.29, 0.717) is 36.5 Å². The Morgan fingerprint density at radius 1 is 1.23 bits per heavy atom. The third-order valence-electron chi connectivity index (χ3n) is 5.80. The first-order chi connectivity index (χ1) is 14.6. The van der Waals surface area contributed by atoms with Crippen molar-refractivity contribution >= 4 is 11.9 Å². The SMILES string of the molecule is C=CCN1C(=O)NC(c2cccc(F)c2)C2=C1CN(CCCN1CCOCC1)C2=O. The molecule has 3 aliphatic heterocycles. The number of rotatable bonds is 7. The third kappa shape index (κ3) is 4.11. The summed E-state index contributed by atoms with van der Waals surface area (Å²) in [7, 11) is 0. The highest BCUT2D eigenvalue weighted by Crippen LogP contribution is 2.36. The predicted molar refractivity (Wildman–Crippen MR) is 110 cm³/mol. The Labute approximate surface area is 175 Å². The first-order valence-corrected chi connectivity index (χ1v) is 10.4. The molecule has 0 aromatic heterocycles. The van der Waals surface area contributed by atoms with E-state index in [2.05, 4.69) is 16.8 Å². The van der Waals surface area contributed by atoms with Crippen molar-refractivity contribution in [1.29, 1.82) is 0 Å². The molecule has 3 heterocycles. The lowest BCUT2D eigenvalue weighted by atomic mass is 9.95. The van der Waals surface area contributed by atoms with Crippen LogP contribution in [0.2, 0.25) is 0 Å². The van der Waals surface area contributed by atoms with E-state index in [-0.39, 0.29) is 11.9 Å². The monoisotopic (exact) mass is 414 g/mol. The summed E-state index contributed by atoms with van der Waals surface area (Å²) in [5, 5.41) is 2.87. The molecule has 0 aliphatic carbocycles. The molecule has 1 N–H and O–H groups in total. The van der Waals surface area contributed by atoms with Crippen LogP contribution in [0.25, 0.3) is 0 Å². The molecule has 1 aromatic carbocycles. The summed E-state index contributed by atoms with van der Waals surface area (Å²) in [5.74, 6) is -0.500. The van der Waals surface area contributed by atoms with Gasteiger partial charge in [0.1, 0.15) is 5.82 Å². The van der Waals surface area contributed by atoms with Crippen molar-refractivity contribution in [2.75, 3.05) is 52.5 Å². The summed E-state index contributed by atoms with van der Waals surface area (Å²) < 4.78 is 19.2. The second kappa shape index (κ2) is 8.97. The smallest absolute Gasteiger partial charge is 0.322 e. The predicted octanol–water partition coefficient (Wildman–Crippen LogP) is 1.90. The Balaban J connectivity index is 1.52. The van der Waals surface area contributed by atoms with Gasteiger partial charge in [-0.15, -0.1) is 6.58 Å². The number of carbonyl (C=O) groups is 2. The molecule has 7 nitrogen and oxygen atoms in total. The summed E-state index contributed by atoms with van der Waals surface area (Å²) in [6, 6.07) is 5.09. The average molecular weight is 414 g/mol. The molecule has 30 heavy (non-hydrogen) atoms. The van der Waals surface area contributed by atoms with E-state index < -0.39 is 11.9 Å². The number of benzene rings is 1. The van der Waals surface area contributed by atoms with E-state index in [1.54, 1.807) is 28.0 Å². The summed E-state index contributed by atoms with van der Waals surface area (Å²) >= 11 is 0. The zero-order chi connectivity index (χ0) is 21.1. The molecule has 160 valence electrons. The molecular weight excluding hydrogens is 387 g/mol. The number of nitrogens with zero attached hydrogens (tertiary/aromatic N) is 3. The van der Waals surface area contributed by atoms with Gasteiger partial charge < -0.3 is 15.0 Å². The molecule has 0 spiro atoms. The van der Waals surface area contributed by atoms with Crippen molar-refractivity contribution in [3.63, 3.8) is 0 Å². The van der Waals surface area contributed by atoms with Gasteiger partial charge in [-0.1, -0.05) is 18.2 Å². The number of hydrogen-bond donors (Lipinski definition) is 1. The molecule has 1 unspecified atom stereocenters. The maximum absolute atomic E-state index is 13.8. The zero-order valence-electron chi connectivity index (χ0n) is 17.0. The zero-order valence-corrected chi connectivity index (χ0v) is 17.0. The number of morpholine rings is 1. The minimum atomic E-state index is -0.652. The molecular formula is C22H27FN4O3. The largest absolute Gasteiger partial charge is 0.379 e. The molecule has 4 rings (SSSR count). The van der Waals surface area contributed by atoms with Crippen molar-refractivity contribution in [1.82, 2.24) is 20.0 Å². The van der Waals surface area contributed by atoms with Gasteiger partial charge in [0.25, 0.3) is 5.91 Å². The maximum Gasteiger partial charge on any atom is 0.322 e. The molecule has 1 saturated heterocycles. The van der Waals surface area contributed by atoms with Crippen LogP contribution < -0.4 is 5.32 Å². The molecule has 1 atom stereocenters. The van der Waals surface area contributed by atoms with Crippen molar-refractivity contribution in [2.45, 2.75) is 12.5 Å². The second-order valence-corrected chi connectivity index (χ2v) is 7.73. The van der Waals surface area contributed by atoms with Gasteiger partial charge in [0.15, 0.2) is 0 Å². The molecule has 0 radical (unpaired) electrons. The maximum atomic E-state index is 13.8. The van der Waals surface area contributed by atoms with Gasteiger partial charge in [-0.25, -0.2) is 9.18 Å². The highest BCUT2D eigenvalue weighted by Gasteiger charge is 2.43. The van der Waals surface area contributed by atoms with Crippen LogP contribution in [-0.2, 0) is 9.53 Å². The summed E-state index contributed by atoms with van der Waals surface area (Å²) in [5.41, 5.74) is 1.77. The van der Waals surface area contributed by atoms with Crippen molar-refractivity contribution in [3.8, 4) is 0 Å². The first kappa shape index (κ1) is 20.6. The van der Waals surface area contributed by atoms with E-state index in [4.69, 9.17) is 4.74 Å². The van der Waals surface area contributed by atoms with Crippen LogP contribution in [-0.4, -0.2) is 79.1 Å². The lowest BCUT2D eigenvalue weighted by molar-refractivity contribution is -0.125. The molecule has 8 heteroatoms. The van der Waals surface area contributed by atoms with Gasteiger partial charge in [0.05, 0.1) is 37.1 Å². The Hall–Kier alpha value is -2.71. The average Bonchev–Trinajstić information content (AvgIpc) is 3.07. The van der Waals surface area contributed by atoms with Crippen LogP contribution in [0.15, 0.2) is 48.2 Å². The fourth-order valence-electron chi connectivity index (χ4n) is 4.30.